The third-order valence-corrected chi connectivity index (χ3v) is 5.90. The lowest BCUT2D eigenvalue weighted by molar-refractivity contribution is 0.252. The van der Waals surface area contributed by atoms with Crippen LogP contribution < -0.4 is 15.8 Å². The van der Waals surface area contributed by atoms with E-state index in [0.717, 1.165) is 84.8 Å². The highest BCUT2D eigenvalue weighted by atomic mass is 16.5. The van der Waals surface area contributed by atoms with Gasteiger partial charge in [-0.3, -0.25) is 0 Å². The van der Waals surface area contributed by atoms with Gasteiger partial charge >= 0.3 is 0 Å². The Bertz CT molecular complexity index is 959. The number of nitrogens with two attached hydrogens (primary N) is 1. The van der Waals surface area contributed by atoms with E-state index in [9.17, 15) is 0 Å². The van der Waals surface area contributed by atoms with Gasteiger partial charge in [-0.25, -0.2) is 9.97 Å². The monoisotopic (exact) mass is 381 g/mol. The van der Waals surface area contributed by atoms with Crippen LogP contribution in [0.5, 0.6) is 5.75 Å². The Labute approximate surface area is 166 Å². The molecule has 1 aromatic carbocycles. The smallest absolute Gasteiger partial charge is 0.152 e. The predicted molar refractivity (Wildman–Crippen MR) is 115 cm³/mol. The number of nitrogens with one attached hydrogen (secondary N) is 1. The molecule has 0 atom stereocenters. The molecule has 6 nitrogen and oxygen atoms in total. The Morgan fingerprint density at radius 1 is 1.25 bits per heavy atom. The van der Waals surface area contributed by atoms with Gasteiger partial charge in [0, 0.05) is 18.9 Å². The SMILES string of the molecule is CCCCc1nc2c(N)nc3ccc(OCCC4CCNCC4)cc3c2n1C. The van der Waals surface area contributed by atoms with Crippen LogP contribution in [-0.4, -0.2) is 34.2 Å². The van der Waals surface area contributed by atoms with Gasteiger partial charge in [0.05, 0.1) is 17.6 Å². The van der Waals surface area contributed by atoms with Crippen molar-refractivity contribution in [1.82, 2.24) is 19.9 Å². The fraction of sp³-hybridized carbons (Fsp3) is 0.545. The zero-order valence-electron chi connectivity index (χ0n) is 17.0. The summed E-state index contributed by atoms with van der Waals surface area (Å²) >= 11 is 0. The number of hydrogen-bond donors (Lipinski definition) is 2. The van der Waals surface area contributed by atoms with Gasteiger partial charge in [0.25, 0.3) is 0 Å². The normalized spacial score (nSPS) is 15.5. The molecule has 0 bridgehead atoms. The number of fused-ring (bicyclic) bond motifs is 3. The molecule has 0 saturated carbocycles. The molecule has 2 aromatic heterocycles. The van der Waals surface area contributed by atoms with E-state index >= 15 is 0 Å². The van der Waals surface area contributed by atoms with Crippen molar-refractivity contribution in [2.24, 2.45) is 13.0 Å². The second-order valence-corrected chi connectivity index (χ2v) is 7.89. The van der Waals surface area contributed by atoms with Crippen molar-refractivity contribution < 1.29 is 4.74 Å². The van der Waals surface area contributed by atoms with E-state index in [1.165, 1.54) is 12.8 Å². The van der Waals surface area contributed by atoms with Crippen molar-refractivity contribution in [2.45, 2.75) is 45.4 Å². The first-order valence-electron chi connectivity index (χ1n) is 10.6. The van der Waals surface area contributed by atoms with Crippen molar-refractivity contribution in [1.29, 1.82) is 0 Å². The van der Waals surface area contributed by atoms with Crippen molar-refractivity contribution in [3.8, 4) is 5.75 Å². The van der Waals surface area contributed by atoms with Gasteiger partial charge in [0.15, 0.2) is 5.82 Å². The minimum Gasteiger partial charge on any atom is -0.494 e. The van der Waals surface area contributed by atoms with Crippen molar-refractivity contribution in [3.63, 3.8) is 0 Å². The van der Waals surface area contributed by atoms with Gasteiger partial charge in [-0.15, -0.1) is 0 Å². The number of nitrogens with zero attached hydrogens (tertiary/aromatic N) is 3. The Balaban J connectivity index is 1.60. The molecule has 4 rings (SSSR count). The number of benzene rings is 1. The zero-order valence-corrected chi connectivity index (χ0v) is 17.0. The molecule has 6 heteroatoms. The van der Waals surface area contributed by atoms with Crippen LogP contribution in [0.3, 0.4) is 0 Å². The molecule has 0 unspecified atom stereocenters. The molecule has 0 amide bonds. The number of piperidine rings is 1. The predicted octanol–water partition coefficient (Wildman–Crippen LogP) is 3.81. The second-order valence-electron chi connectivity index (χ2n) is 7.89. The number of aryl methyl sites for hydroxylation is 2. The second kappa shape index (κ2) is 8.35. The first-order chi connectivity index (χ1) is 13.7. The number of nitrogen functional groups attached to an aromatic ring is 1. The fourth-order valence-electron chi connectivity index (χ4n) is 4.18. The first-order valence-corrected chi connectivity index (χ1v) is 10.6. The topological polar surface area (TPSA) is 78.0 Å². The summed E-state index contributed by atoms with van der Waals surface area (Å²) in [6, 6.07) is 6.10. The molecule has 3 N–H and O–H groups in total. The first kappa shape index (κ1) is 19.0. The van der Waals surface area contributed by atoms with Gasteiger partial charge in [-0.1, -0.05) is 13.3 Å². The minimum absolute atomic E-state index is 0.500. The molecule has 1 saturated heterocycles. The Hall–Kier alpha value is -2.34. The number of rotatable bonds is 7. The Morgan fingerprint density at radius 2 is 2.07 bits per heavy atom. The maximum absolute atomic E-state index is 6.21. The van der Waals surface area contributed by atoms with Crippen LogP contribution in [0.2, 0.25) is 0 Å². The highest BCUT2D eigenvalue weighted by Gasteiger charge is 2.16. The van der Waals surface area contributed by atoms with Crippen LogP contribution in [0.4, 0.5) is 5.82 Å². The van der Waals surface area contributed by atoms with Crippen LogP contribution in [0.15, 0.2) is 18.2 Å². The highest BCUT2D eigenvalue weighted by Crippen LogP contribution is 2.31. The largest absolute Gasteiger partial charge is 0.494 e. The summed E-state index contributed by atoms with van der Waals surface area (Å²) in [7, 11) is 2.07. The van der Waals surface area contributed by atoms with Crippen LogP contribution in [-0.2, 0) is 13.5 Å². The average molecular weight is 382 g/mol. The lowest BCUT2D eigenvalue weighted by atomic mass is 9.95. The molecule has 28 heavy (non-hydrogen) atoms. The molecule has 1 aliphatic heterocycles. The molecular formula is C22H31N5O. The third kappa shape index (κ3) is 3.78. The quantitative estimate of drug-likeness (QED) is 0.651. The maximum Gasteiger partial charge on any atom is 0.152 e. The van der Waals surface area contributed by atoms with Crippen LogP contribution in [0, 0.1) is 5.92 Å². The standard InChI is InChI=1S/C22H31N5O/c1-3-4-5-19-26-20-21(27(19)2)17-14-16(6-7-18(17)25-22(20)23)28-13-10-15-8-11-24-12-9-15/h6-7,14-15,24H,3-5,8-13H2,1-2H3,(H2,23,25). The van der Waals surface area contributed by atoms with Gasteiger partial charge < -0.3 is 20.4 Å². The average Bonchev–Trinajstić information content (AvgIpc) is 3.05. The van der Waals surface area contributed by atoms with E-state index in [2.05, 4.69) is 34.9 Å². The van der Waals surface area contributed by atoms with E-state index in [0.29, 0.717) is 5.82 Å². The van der Waals surface area contributed by atoms with Gasteiger partial charge in [-0.2, -0.15) is 0 Å². The Kier molecular flexibility index (Phi) is 5.67. The molecule has 0 radical (unpaired) electrons. The molecule has 3 heterocycles. The number of unbranched alkanes of at least 4 members (excludes halogenated alkanes) is 1. The number of ether oxygens (including phenoxy) is 1. The van der Waals surface area contributed by atoms with Crippen molar-refractivity contribution >= 4 is 27.8 Å². The fourth-order valence-corrected chi connectivity index (χ4v) is 4.18. The van der Waals surface area contributed by atoms with E-state index < -0.39 is 0 Å². The van der Waals surface area contributed by atoms with Crippen LogP contribution in [0.25, 0.3) is 21.9 Å². The van der Waals surface area contributed by atoms with E-state index in [4.69, 9.17) is 15.5 Å². The van der Waals surface area contributed by atoms with E-state index in [1.807, 2.05) is 12.1 Å². The molecular weight excluding hydrogens is 350 g/mol. The summed E-state index contributed by atoms with van der Waals surface area (Å²) in [5, 5.41) is 4.47. The molecule has 3 aromatic rings. The van der Waals surface area contributed by atoms with Gasteiger partial charge in [-0.05, 0) is 62.9 Å². The summed E-state index contributed by atoms with van der Waals surface area (Å²) in [6.45, 7) is 5.22. The van der Waals surface area contributed by atoms with Gasteiger partial charge in [0.1, 0.15) is 17.1 Å². The van der Waals surface area contributed by atoms with Gasteiger partial charge in [0.2, 0.25) is 0 Å². The highest BCUT2D eigenvalue weighted by molar-refractivity contribution is 6.07. The molecule has 1 aliphatic rings. The maximum atomic E-state index is 6.21. The third-order valence-electron chi connectivity index (χ3n) is 5.90. The number of aromatic nitrogens is 3. The summed E-state index contributed by atoms with van der Waals surface area (Å²) in [6.07, 6.45) is 6.83. The summed E-state index contributed by atoms with van der Waals surface area (Å²) in [5.74, 6) is 3.23. The Morgan fingerprint density at radius 3 is 2.86 bits per heavy atom. The number of hydrogen-bond acceptors (Lipinski definition) is 5. The molecule has 1 fully saturated rings. The lowest BCUT2D eigenvalue weighted by Gasteiger charge is -2.22. The summed E-state index contributed by atoms with van der Waals surface area (Å²) < 4.78 is 8.27. The van der Waals surface area contributed by atoms with Crippen molar-refractivity contribution in [3.05, 3.63) is 24.0 Å². The van der Waals surface area contributed by atoms with E-state index in [1.54, 1.807) is 0 Å². The number of anilines is 1. The molecule has 150 valence electrons. The van der Waals surface area contributed by atoms with E-state index in [-0.39, 0.29) is 0 Å². The van der Waals surface area contributed by atoms with Crippen LogP contribution >= 0.6 is 0 Å². The number of imidazole rings is 1. The zero-order chi connectivity index (χ0) is 19.5. The summed E-state index contributed by atoms with van der Waals surface area (Å²) in [5.41, 5.74) is 8.95. The number of pyridine rings is 1. The summed E-state index contributed by atoms with van der Waals surface area (Å²) in [4.78, 5) is 9.35. The molecule has 0 aliphatic carbocycles. The van der Waals surface area contributed by atoms with Crippen molar-refractivity contribution in [2.75, 3.05) is 25.4 Å². The molecule has 0 spiro atoms. The van der Waals surface area contributed by atoms with Crippen LogP contribution in [0.1, 0.15) is 44.9 Å². The lowest BCUT2D eigenvalue weighted by Crippen LogP contribution is -2.28. The minimum atomic E-state index is 0.500.